The highest BCUT2D eigenvalue weighted by molar-refractivity contribution is 6.09. The Kier molecular flexibility index (Phi) is 30.1. The summed E-state index contributed by atoms with van der Waals surface area (Å²) in [6, 6.07) is 81.3. The van der Waals surface area contributed by atoms with Gasteiger partial charge in [-0.2, -0.15) is 0 Å². The molecule has 27 nitrogen and oxygen atoms in total. The van der Waals surface area contributed by atoms with Crippen LogP contribution in [0.4, 0.5) is 51.2 Å². The van der Waals surface area contributed by atoms with Crippen molar-refractivity contribution in [2.75, 3.05) is 143 Å². The Morgan fingerprint density at radius 2 is 0.585 bits per heavy atom. The van der Waals surface area contributed by atoms with Gasteiger partial charge < -0.3 is 86.2 Å². The number of hydrogen-bond acceptors (Lipinski definition) is 27. The molecule has 6 heterocycles. The van der Waals surface area contributed by atoms with Crippen LogP contribution in [-0.2, 0) is 87.6 Å². The van der Waals surface area contributed by atoms with Crippen molar-refractivity contribution in [3.63, 3.8) is 0 Å². The van der Waals surface area contributed by atoms with E-state index in [1.54, 1.807) is 20.8 Å². The monoisotopic (exact) mass is 1990 g/mol. The fraction of sp³-hybridized carbons (Fsp3) is 0.375. The van der Waals surface area contributed by atoms with Gasteiger partial charge in [-0.05, 0) is 222 Å². The fourth-order valence-electron chi connectivity index (χ4n) is 21.6. The Morgan fingerprint density at radius 3 is 0.864 bits per heavy atom. The summed E-state index contributed by atoms with van der Waals surface area (Å²) in [5.74, 6) is -1.31. The molecule has 0 aromatic heterocycles. The van der Waals surface area contributed by atoms with Gasteiger partial charge in [0.2, 0.25) is 17.2 Å². The molecule has 0 saturated carbocycles. The Balaban J connectivity index is 0.439. The zero-order valence-electron chi connectivity index (χ0n) is 86.6. The van der Waals surface area contributed by atoms with Gasteiger partial charge in [-0.1, -0.05) is 164 Å². The van der Waals surface area contributed by atoms with Crippen LogP contribution in [0.1, 0.15) is 138 Å². The van der Waals surface area contributed by atoms with Crippen LogP contribution in [0.2, 0.25) is 0 Å². The van der Waals surface area contributed by atoms with Crippen LogP contribution in [-0.4, -0.2) is 209 Å². The van der Waals surface area contributed by atoms with E-state index in [2.05, 4.69) is 292 Å². The van der Waals surface area contributed by atoms with Gasteiger partial charge in [-0.25, -0.2) is 0 Å². The van der Waals surface area contributed by atoms with Crippen molar-refractivity contribution >= 4 is 138 Å². The molecule has 12 aromatic carbocycles. The third kappa shape index (κ3) is 20.3. The molecule has 3 spiro atoms. The molecule has 27 heteroatoms. The molecule has 0 saturated heterocycles. The summed E-state index contributed by atoms with van der Waals surface area (Å²) in [5.41, 5.74) is 14.4. The number of fused-ring (bicyclic) bond motifs is 12. The molecule has 0 fully saturated rings. The first-order chi connectivity index (χ1) is 70.9. The molecule has 0 N–H and O–H groups in total. The summed E-state index contributed by atoms with van der Waals surface area (Å²) in [6.07, 6.45) is 1.47. The van der Waals surface area contributed by atoms with E-state index in [1.165, 1.54) is 16.7 Å². The van der Waals surface area contributed by atoms with Gasteiger partial charge in [0.25, 0.3) is 0 Å². The minimum atomic E-state index is -0.833. The lowest BCUT2D eigenvalue weighted by molar-refractivity contribution is -0.161. The second-order valence-corrected chi connectivity index (χ2v) is 40.2. The zero-order chi connectivity index (χ0) is 103. The summed E-state index contributed by atoms with van der Waals surface area (Å²) >= 11 is 0. The first-order valence-electron chi connectivity index (χ1n) is 51.2. The number of anilines is 6. The number of carbonyl (C=O) groups excluding carboxylic acids is 6. The lowest BCUT2D eigenvalue weighted by Gasteiger charge is -2.45. The van der Waals surface area contributed by atoms with Gasteiger partial charge in [0.05, 0.1) is 126 Å². The van der Waals surface area contributed by atoms with Gasteiger partial charge in [-0.3, -0.25) is 43.7 Å². The fourth-order valence-corrected chi connectivity index (χ4v) is 21.6. The number of carbonyl (C=O) groups is 6. The second kappa shape index (κ2) is 43.2. The largest absolute Gasteiger partial charge is 0.464 e. The van der Waals surface area contributed by atoms with Crippen molar-refractivity contribution in [1.82, 2.24) is 0 Å². The summed E-state index contributed by atoms with van der Waals surface area (Å²) in [4.78, 5) is 108. The Bertz CT molecular complexity index is 6730. The lowest BCUT2D eigenvalue weighted by atomic mass is 9.77. The van der Waals surface area contributed by atoms with Gasteiger partial charge >= 0.3 is 35.8 Å². The Morgan fingerprint density at radius 1 is 0.327 bits per heavy atom. The van der Waals surface area contributed by atoms with Crippen molar-refractivity contribution in [3.05, 3.63) is 253 Å². The number of aliphatic imine (C=N–C) groups is 3. The average molecular weight is 1990 g/mol. The normalized spacial score (nSPS) is 18.2. The number of likely N-dealkylation sites (N-methyl/N-ethyl adjacent to an activating group) is 6. The summed E-state index contributed by atoms with van der Waals surface area (Å²) in [6.45, 7) is 27.3. The van der Waals surface area contributed by atoms with E-state index in [0.717, 1.165) is 134 Å². The Hall–Kier alpha value is -14.7. The molecule has 6 unspecified atom stereocenters. The minimum absolute atomic E-state index is 0.0654. The van der Waals surface area contributed by atoms with Gasteiger partial charge in [-0.15, -0.1) is 0 Å². The van der Waals surface area contributed by atoms with Crippen LogP contribution in [0.25, 0.3) is 65.7 Å². The lowest BCUT2D eigenvalue weighted by Crippen LogP contribution is -2.61. The van der Waals surface area contributed by atoms with E-state index >= 15 is 0 Å². The highest BCUT2D eigenvalue weighted by Gasteiger charge is 2.62. The van der Waals surface area contributed by atoms with Crippen molar-refractivity contribution < 1.29 is 85.6 Å². The zero-order valence-corrected chi connectivity index (χ0v) is 86.6. The van der Waals surface area contributed by atoms with E-state index in [4.69, 9.17) is 71.8 Å². The molecule has 6 atom stereocenters. The number of ether oxygens (including phenoxy) is 12. The van der Waals surface area contributed by atoms with E-state index in [9.17, 15) is 28.8 Å². The molecular weight excluding hydrogens is 1860 g/mol. The quantitative estimate of drug-likeness (QED) is 0.0254. The molecule has 12 aromatic rings. The second-order valence-electron chi connectivity index (χ2n) is 40.2. The molecule has 18 rings (SSSR count). The first-order valence-corrected chi connectivity index (χ1v) is 51.2. The number of para-hydroxylation sites is 3. The summed E-state index contributed by atoms with van der Waals surface area (Å²) < 4.78 is 73.9. The molecular formula is C120H131N9O18. The molecule has 0 radical (unpaired) electrons. The van der Waals surface area contributed by atoms with Crippen LogP contribution in [0.3, 0.4) is 0 Å². The average Bonchev–Trinajstić information content (AvgIpc) is 1.56. The first kappa shape index (κ1) is 102. The number of benzene rings is 12. The van der Waals surface area contributed by atoms with Crippen LogP contribution in [0.5, 0.6) is 17.2 Å². The standard InChI is InChI=1S/C120H131N9O18/c1-16-127(84-49-43-81(44-50-84)94-67-100-112(91-34-22-19-31-88(91)94)145-118(75-121-100)115(7,8)97-37-25-28-40-103(97)124(118)13)61-64-138-106(130)55-58-109(133)142-78(4)70-136-73-87(141-72-80(6)144-111(135)60-57-108(132)140-66-63-129(18-3)86-53-47-83(48-54-86)96-69-102-114(93-36-24-21-33-90(93)96)147-120(77-123-102)117(11,12)99-39-27-30-42-105(99)126(120)15)74-137-71-79(5)143-110(134)59-56-107(131)139-65-62-128(17-2)85-51-45-82(46-52-85)95-68-101-113(92-35-23-20-32-89(92)95)146-119(76-122-101)116(9,10)98-38-26-29-41-104(98)125(119)14/h19-54,67-69,75-80,87H,16-18,55-66,70-74H2,1-15H3. The van der Waals surface area contributed by atoms with Gasteiger partial charge in [0.1, 0.15) is 61.3 Å². The third-order valence-electron chi connectivity index (χ3n) is 30.0. The van der Waals surface area contributed by atoms with Crippen molar-refractivity contribution in [2.24, 2.45) is 15.0 Å². The maximum atomic E-state index is 13.3. The third-order valence-corrected chi connectivity index (χ3v) is 30.0. The highest BCUT2D eigenvalue weighted by Crippen LogP contribution is 2.60. The van der Waals surface area contributed by atoms with E-state index in [0.29, 0.717) is 39.3 Å². The minimum Gasteiger partial charge on any atom is -0.464 e. The SMILES string of the molecule is CCN(CCOC(=O)CCC(=O)OC(C)COCC(COCC(C)OC(=O)CCC(=O)OCCN(CC)c1ccc(-c2cc3c(c4ccccc24)OC2(C=N3)N(C)c3ccccc3C2(C)C)cc1)OCC(C)OC(=O)CCC(=O)OCCN(CC)c1ccc(-c2cc3c(c4ccccc24)OC2(C=N3)N(C)c3ccccc3C2(C)C)cc1)c1ccc(-c2cc3c(c4ccccc24)OC2(C=N3)N(C)c3ccccc3C2(C)C)cc1. The number of nitrogens with zero attached hydrogens (tertiary/aromatic N) is 9. The highest BCUT2D eigenvalue weighted by atomic mass is 16.6. The molecule has 147 heavy (non-hydrogen) atoms. The van der Waals surface area contributed by atoms with Crippen LogP contribution < -0.4 is 43.6 Å². The predicted octanol–water partition coefficient (Wildman–Crippen LogP) is 21.9. The van der Waals surface area contributed by atoms with Crippen LogP contribution in [0, 0.1) is 0 Å². The predicted molar refractivity (Wildman–Crippen MR) is 579 cm³/mol. The molecule has 6 aliphatic rings. The summed E-state index contributed by atoms with van der Waals surface area (Å²) in [5, 5.41) is 6.03. The van der Waals surface area contributed by atoms with Crippen LogP contribution in [0.15, 0.2) is 252 Å². The smallest absolute Gasteiger partial charge is 0.306 e. The molecule has 0 aliphatic carbocycles. The molecule has 764 valence electrons. The molecule has 0 amide bonds. The number of esters is 6. The maximum absolute atomic E-state index is 13.3. The van der Waals surface area contributed by atoms with E-state index < -0.39 is 93.7 Å². The van der Waals surface area contributed by atoms with Crippen molar-refractivity contribution in [2.45, 2.75) is 179 Å². The topological polar surface area (TPSA) is 270 Å². The number of hydrogen-bond donors (Lipinski definition) is 0. The molecule has 0 bridgehead atoms. The van der Waals surface area contributed by atoms with E-state index in [1.807, 2.05) is 75.8 Å². The van der Waals surface area contributed by atoms with Gasteiger partial charge in [0.15, 0.2) is 17.2 Å². The Labute approximate surface area is 859 Å². The summed E-state index contributed by atoms with van der Waals surface area (Å²) in [7, 11) is 6.20. The number of rotatable bonds is 41. The van der Waals surface area contributed by atoms with Crippen molar-refractivity contribution in [1.29, 1.82) is 0 Å². The van der Waals surface area contributed by atoms with Gasteiger partial charge in [0, 0.05) is 91.1 Å². The van der Waals surface area contributed by atoms with E-state index in [-0.39, 0.29) is 91.4 Å². The maximum Gasteiger partial charge on any atom is 0.306 e. The van der Waals surface area contributed by atoms with Crippen molar-refractivity contribution in [3.8, 4) is 50.6 Å². The van der Waals surface area contributed by atoms with Crippen LogP contribution >= 0.6 is 0 Å². The molecule has 6 aliphatic heterocycles.